The first-order chi connectivity index (χ1) is 14.6. The Morgan fingerprint density at radius 3 is 2.93 bits per heavy atom. The summed E-state index contributed by atoms with van der Waals surface area (Å²) in [5.74, 6) is 2.26. The van der Waals surface area contributed by atoms with Gasteiger partial charge in [-0.1, -0.05) is 28.9 Å². The van der Waals surface area contributed by atoms with Crippen molar-refractivity contribution in [3.63, 3.8) is 0 Å². The zero-order chi connectivity index (χ0) is 20.2. The molecule has 3 aromatic heterocycles. The molecule has 10 heteroatoms. The molecule has 8 rings (SSSR count). The summed E-state index contributed by atoms with van der Waals surface area (Å²) in [6.45, 7) is 1.15. The Balaban J connectivity index is 1.17. The van der Waals surface area contributed by atoms with Crippen LogP contribution in [0.15, 0.2) is 46.2 Å². The van der Waals surface area contributed by atoms with Gasteiger partial charge >= 0.3 is 0 Å². The van der Waals surface area contributed by atoms with Crippen molar-refractivity contribution in [2.24, 2.45) is 18.9 Å². The third-order valence-electron chi connectivity index (χ3n) is 6.96. The van der Waals surface area contributed by atoms with Gasteiger partial charge in [-0.05, 0) is 18.1 Å². The number of aromatic nitrogens is 6. The Hall–Kier alpha value is -3.20. The summed E-state index contributed by atoms with van der Waals surface area (Å²) in [7, 11) is 1.77. The molecule has 5 heterocycles. The molecule has 2 aliphatic heterocycles. The molecular formula is C20H16ClN7O2. The first kappa shape index (κ1) is 16.6. The Bertz CT molecular complexity index is 1400. The van der Waals surface area contributed by atoms with E-state index in [0.29, 0.717) is 34.9 Å². The number of fused-ring (bicyclic) bond motifs is 2. The average molecular weight is 422 g/mol. The summed E-state index contributed by atoms with van der Waals surface area (Å²) in [5, 5.41) is 5.05. The van der Waals surface area contributed by atoms with Gasteiger partial charge in [-0.2, -0.15) is 4.98 Å². The maximum atomic E-state index is 12.7. The summed E-state index contributed by atoms with van der Waals surface area (Å²) in [5.41, 5.74) is 1.75. The number of piperidine rings is 1. The Kier molecular flexibility index (Phi) is 2.92. The number of hydrogen-bond donors (Lipinski definition) is 0. The lowest BCUT2D eigenvalue weighted by Crippen LogP contribution is -2.23. The summed E-state index contributed by atoms with van der Waals surface area (Å²) in [4.78, 5) is 28.1. The zero-order valence-corrected chi connectivity index (χ0v) is 16.7. The van der Waals surface area contributed by atoms with E-state index in [9.17, 15) is 4.79 Å². The minimum absolute atomic E-state index is 0.0177. The number of anilines is 1. The molecule has 30 heavy (non-hydrogen) atoms. The molecule has 2 bridgehead atoms. The van der Waals surface area contributed by atoms with Crippen molar-refractivity contribution in [2.75, 3.05) is 11.4 Å². The molecule has 4 fully saturated rings. The van der Waals surface area contributed by atoms with Crippen molar-refractivity contribution >= 4 is 28.5 Å². The Labute approximate surface area is 174 Å². The van der Waals surface area contributed by atoms with Crippen LogP contribution in [0.4, 0.5) is 5.69 Å². The van der Waals surface area contributed by atoms with Gasteiger partial charge < -0.3 is 14.0 Å². The maximum absolute atomic E-state index is 12.7. The SMILES string of the molecule is Cn1cnc2ncn(Cc3nc([C@@]45C6[C@H]4[C@H]5CN6c4ccccc4Cl)no3)c(=O)c21. The fraction of sp³-hybridized carbons (Fsp3) is 0.350. The quantitative estimate of drug-likeness (QED) is 0.494. The van der Waals surface area contributed by atoms with E-state index >= 15 is 0 Å². The second-order valence-electron chi connectivity index (χ2n) is 8.33. The molecule has 2 saturated heterocycles. The van der Waals surface area contributed by atoms with Gasteiger partial charge in [-0.3, -0.25) is 9.36 Å². The molecule has 2 saturated carbocycles. The van der Waals surface area contributed by atoms with Crippen LogP contribution in [0.2, 0.25) is 5.02 Å². The molecule has 1 unspecified atom stereocenters. The molecule has 0 N–H and O–H groups in total. The third-order valence-corrected chi connectivity index (χ3v) is 7.28. The van der Waals surface area contributed by atoms with Crippen LogP contribution in [0.1, 0.15) is 11.7 Å². The number of hydrogen-bond acceptors (Lipinski definition) is 7. The fourth-order valence-corrected chi connectivity index (χ4v) is 5.74. The summed E-state index contributed by atoms with van der Waals surface area (Å²) in [6, 6.07) is 8.32. The van der Waals surface area contributed by atoms with Gasteiger partial charge in [-0.25, -0.2) is 9.97 Å². The predicted octanol–water partition coefficient (Wildman–Crippen LogP) is 1.60. The second-order valence-corrected chi connectivity index (χ2v) is 8.74. The highest BCUT2D eigenvalue weighted by atomic mass is 35.5. The van der Waals surface area contributed by atoms with E-state index in [1.807, 2.05) is 18.2 Å². The fourth-order valence-electron chi connectivity index (χ4n) is 5.50. The van der Waals surface area contributed by atoms with Gasteiger partial charge in [0.05, 0.1) is 22.5 Å². The van der Waals surface area contributed by atoms with Crippen LogP contribution in [0.3, 0.4) is 0 Å². The summed E-state index contributed by atoms with van der Waals surface area (Å²) < 4.78 is 8.65. The van der Waals surface area contributed by atoms with Crippen LogP contribution < -0.4 is 10.5 Å². The molecule has 0 amide bonds. The second kappa shape index (κ2) is 5.28. The van der Waals surface area contributed by atoms with E-state index < -0.39 is 0 Å². The molecular weight excluding hydrogens is 406 g/mol. The van der Waals surface area contributed by atoms with Gasteiger partial charge in [0.1, 0.15) is 12.9 Å². The van der Waals surface area contributed by atoms with Crippen LogP contribution in [0.25, 0.3) is 11.2 Å². The highest BCUT2D eigenvalue weighted by molar-refractivity contribution is 6.33. The number of para-hydroxylation sites is 1. The molecule has 0 radical (unpaired) electrons. The number of nitrogens with zero attached hydrogens (tertiary/aromatic N) is 7. The standard InChI is InChI=1S/C20H16ClN7O2/c1-26-8-22-17-15(26)18(29)27(9-23-17)7-13-24-19(25-30-13)20-10-6-28(16(20)14(10)20)12-5-3-2-4-11(12)21/h2-5,8-10,14,16H,6-7H2,1H3/t10-,14-,16?,20-/m1/s1. The van der Waals surface area contributed by atoms with Crippen molar-refractivity contribution < 1.29 is 4.52 Å². The highest BCUT2D eigenvalue weighted by Gasteiger charge is 2.95. The van der Waals surface area contributed by atoms with Crippen LogP contribution >= 0.6 is 11.6 Å². The number of benzene rings is 1. The molecule has 0 spiro atoms. The third kappa shape index (κ3) is 1.86. The monoisotopic (exact) mass is 421 g/mol. The van der Waals surface area contributed by atoms with E-state index in [-0.39, 0.29) is 17.5 Å². The van der Waals surface area contributed by atoms with Crippen molar-refractivity contribution in [2.45, 2.75) is 18.0 Å². The molecule has 2 aliphatic carbocycles. The van der Waals surface area contributed by atoms with Gasteiger partial charge in [0.25, 0.3) is 5.56 Å². The topological polar surface area (TPSA) is 94.9 Å². The minimum atomic E-state index is -0.182. The summed E-state index contributed by atoms with van der Waals surface area (Å²) in [6.07, 6.45) is 3.05. The van der Waals surface area contributed by atoms with Crippen molar-refractivity contribution in [1.82, 2.24) is 29.2 Å². The Morgan fingerprint density at radius 1 is 1.27 bits per heavy atom. The number of halogens is 1. The average Bonchev–Trinajstić information content (AvgIpc) is 3.21. The number of aryl methyl sites for hydroxylation is 1. The van der Waals surface area contributed by atoms with E-state index in [1.54, 1.807) is 17.9 Å². The van der Waals surface area contributed by atoms with Crippen molar-refractivity contribution in [1.29, 1.82) is 0 Å². The molecule has 4 aliphatic rings. The van der Waals surface area contributed by atoms with E-state index in [0.717, 1.165) is 23.1 Å². The van der Waals surface area contributed by atoms with Gasteiger partial charge in [0.2, 0.25) is 5.89 Å². The lowest BCUT2D eigenvalue weighted by Gasteiger charge is -2.19. The smallest absolute Gasteiger partial charge is 0.280 e. The molecule has 1 aromatic carbocycles. The lowest BCUT2D eigenvalue weighted by molar-refractivity contribution is 0.362. The maximum Gasteiger partial charge on any atom is 0.280 e. The van der Waals surface area contributed by atoms with Crippen LogP contribution in [-0.4, -0.2) is 41.8 Å². The lowest BCUT2D eigenvalue weighted by atomic mass is 10.1. The van der Waals surface area contributed by atoms with Crippen LogP contribution in [-0.2, 0) is 19.0 Å². The largest absolute Gasteiger partial charge is 0.366 e. The minimum Gasteiger partial charge on any atom is -0.366 e. The highest BCUT2D eigenvalue weighted by Crippen LogP contribution is 2.85. The Morgan fingerprint density at radius 2 is 2.10 bits per heavy atom. The normalized spacial score (nSPS) is 28.2. The van der Waals surface area contributed by atoms with Gasteiger partial charge in [0.15, 0.2) is 17.0 Å². The predicted molar refractivity (Wildman–Crippen MR) is 107 cm³/mol. The molecule has 4 aromatic rings. The first-order valence-corrected chi connectivity index (χ1v) is 10.2. The van der Waals surface area contributed by atoms with Gasteiger partial charge in [-0.15, -0.1) is 0 Å². The van der Waals surface area contributed by atoms with E-state index in [4.69, 9.17) is 16.1 Å². The first-order valence-electron chi connectivity index (χ1n) is 9.81. The van der Waals surface area contributed by atoms with Crippen LogP contribution in [0, 0.1) is 11.8 Å². The molecule has 4 atom stereocenters. The zero-order valence-electron chi connectivity index (χ0n) is 15.9. The summed E-state index contributed by atoms with van der Waals surface area (Å²) >= 11 is 6.41. The van der Waals surface area contributed by atoms with Crippen molar-refractivity contribution in [3.8, 4) is 0 Å². The van der Waals surface area contributed by atoms with E-state index in [1.165, 1.54) is 10.9 Å². The molecule has 9 nitrogen and oxygen atoms in total. The van der Waals surface area contributed by atoms with Crippen LogP contribution in [0.5, 0.6) is 0 Å². The van der Waals surface area contributed by atoms with Gasteiger partial charge in [0, 0.05) is 25.6 Å². The van der Waals surface area contributed by atoms with E-state index in [2.05, 4.69) is 31.1 Å². The number of rotatable bonds is 4. The van der Waals surface area contributed by atoms with Crippen molar-refractivity contribution in [3.05, 3.63) is 64.0 Å². The molecule has 150 valence electrons. The number of imidazole rings is 1.